The molecule has 2 heterocycles. The molecule has 1 amide bonds. The van der Waals surface area contributed by atoms with Crippen molar-refractivity contribution in [1.82, 2.24) is 19.6 Å². The number of para-hydroxylation sites is 1. The average Bonchev–Trinajstić information content (AvgIpc) is 3.13. The quantitative estimate of drug-likeness (QED) is 0.425. The largest absolute Gasteiger partial charge is 0.451 e. The van der Waals surface area contributed by atoms with Crippen LogP contribution in [-0.2, 0) is 16.1 Å². The Balaban J connectivity index is 1.51. The number of aryl methyl sites for hydroxylation is 2. The Morgan fingerprint density at radius 1 is 0.971 bits per heavy atom. The highest BCUT2D eigenvalue weighted by molar-refractivity contribution is 6.03. The van der Waals surface area contributed by atoms with Crippen LogP contribution in [0.3, 0.4) is 0 Å². The van der Waals surface area contributed by atoms with Gasteiger partial charge in [-0.15, -0.1) is 0 Å². The standard InChI is InChI=1S/C25H25N5O4/c1-4-14-29-24(32)20-13-9-8-12-19(20)23(28-29)25(33)34-15-21(31)26-22-16(2)27-30(17(22)3)18-10-6-5-7-11-18/h5-13H,4,14-15H2,1-3H3,(H,26,31). The van der Waals surface area contributed by atoms with Gasteiger partial charge in [0.25, 0.3) is 11.5 Å². The lowest BCUT2D eigenvalue weighted by molar-refractivity contribution is -0.119. The van der Waals surface area contributed by atoms with Crippen molar-refractivity contribution in [2.24, 2.45) is 0 Å². The molecular weight excluding hydrogens is 434 g/mol. The Bertz CT molecular complexity index is 1420. The lowest BCUT2D eigenvalue weighted by atomic mass is 10.1. The Morgan fingerprint density at radius 2 is 1.65 bits per heavy atom. The molecule has 0 radical (unpaired) electrons. The number of carbonyl (C=O) groups is 2. The maximum atomic E-state index is 12.8. The number of fused-ring (bicyclic) bond motifs is 1. The number of hydrogen-bond donors (Lipinski definition) is 1. The fourth-order valence-corrected chi connectivity index (χ4v) is 3.77. The monoisotopic (exact) mass is 459 g/mol. The molecule has 0 unspecified atom stereocenters. The second-order valence-electron chi connectivity index (χ2n) is 7.84. The third kappa shape index (κ3) is 4.45. The third-order valence-corrected chi connectivity index (χ3v) is 5.39. The van der Waals surface area contributed by atoms with Crippen molar-refractivity contribution in [3.8, 4) is 5.69 Å². The number of ether oxygens (including phenoxy) is 1. The predicted octanol–water partition coefficient (Wildman–Crippen LogP) is 3.40. The van der Waals surface area contributed by atoms with Crippen LogP contribution in [-0.4, -0.2) is 38.0 Å². The first-order valence-corrected chi connectivity index (χ1v) is 11.0. The van der Waals surface area contributed by atoms with E-state index in [4.69, 9.17) is 4.74 Å². The Morgan fingerprint density at radius 3 is 2.35 bits per heavy atom. The molecule has 0 saturated heterocycles. The highest BCUT2D eigenvalue weighted by Crippen LogP contribution is 2.22. The van der Waals surface area contributed by atoms with E-state index in [0.29, 0.717) is 35.1 Å². The predicted molar refractivity (Wildman–Crippen MR) is 128 cm³/mol. The van der Waals surface area contributed by atoms with E-state index >= 15 is 0 Å². The first kappa shape index (κ1) is 22.9. The summed E-state index contributed by atoms with van der Waals surface area (Å²) >= 11 is 0. The molecule has 0 fully saturated rings. The van der Waals surface area contributed by atoms with Crippen LogP contribution in [0.15, 0.2) is 59.4 Å². The van der Waals surface area contributed by atoms with Crippen molar-refractivity contribution < 1.29 is 14.3 Å². The zero-order chi connectivity index (χ0) is 24.2. The van der Waals surface area contributed by atoms with Gasteiger partial charge in [-0.1, -0.05) is 43.3 Å². The van der Waals surface area contributed by atoms with E-state index in [1.807, 2.05) is 44.2 Å². The molecule has 0 saturated carbocycles. The van der Waals surface area contributed by atoms with Crippen molar-refractivity contribution in [1.29, 1.82) is 0 Å². The summed E-state index contributed by atoms with van der Waals surface area (Å²) < 4.78 is 8.25. The molecule has 2 aromatic heterocycles. The van der Waals surface area contributed by atoms with E-state index < -0.39 is 18.5 Å². The minimum atomic E-state index is -0.773. The first-order chi connectivity index (χ1) is 16.4. The summed E-state index contributed by atoms with van der Waals surface area (Å²) in [7, 11) is 0. The smallest absolute Gasteiger partial charge is 0.359 e. The van der Waals surface area contributed by atoms with Gasteiger partial charge in [0.1, 0.15) is 0 Å². The van der Waals surface area contributed by atoms with Gasteiger partial charge in [-0.3, -0.25) is 9.59 Å². The fraction of sp³-hybridized carbons (Fsp3) is 0.240. The molecule has 9 nitrogen and oxygen atoms in total. The van der Waals surface area contributed by atoms with E-state index in [9.17, 15) is 14.4 Å². The molecule has 0 aliphatic rings. The molecule has 0 atom stereocenters. The molecule has 2 aromatic carbocycles. The number of benzene rings is 2. The van der Waals surface area contributed by atoms with Gasteiger partial charge in [0.2, 0.25) is 0 Å². The third-order valence-electron chi connectivity index (χ3n) is 5.39. The van der Waals surface area contributed by atoms with Crippen LogP contribution in [0.2, 0.25) is 0 Å². The molecule has 174 valence electrons. The van der Waals surface area contributed by atoms with E-state index in [0.717, 1.165) is 11.4 Å². The molecule has 0 aliphatic heterocycles. The van der Waals surface area contributed by atoms with Crippen LogP contribution in [0.1, 0.15) is 35.2 Å². The number of amides is 1. The number of esters is 1. The normalized spacial score (nSPS) is 10.9. The Kier molecular flexibility index (Phi) is 6.53. The van der Waals surface area contributed by atoms with Crippen LogP contribution in [0, 0.1) is 13.8 Å². The van der Waals surface area contributed by atoms with Gasteiger partial charge in [-0.05, 0) is 38.5 Å². The highest BCUT2D eigenvalue weighted by atomic mass is 16.5. The summed E-state index contributed by atoms with van der Waals surface area (Å²) in [6, 6.07) is 16.3. The number of rotatable bonds is 7. The van der Waals surface area contributed by atoms with E-state index in [1.54, 1.807) is 35.9 Å². The summed E-state index contributed by atoms with van der Waals surface area (Å²) in [4.78, 5) is 38.0. The van der Waals surface area contributed by atoms with Crippen LogP contribution >= 0.6 is 0 Å². The molecule has 1 N–H and O–H groups in total. The molecule has 0 spiro atoms. The van der Waals surface area contributed by atoms with Crippen molar-refractivity contribution in [3.63, 3.8) is 0 Å². The van der Waals surface area contributed by atoms with Crippen LogP contribution in [0.25, 0.3) is 16.5 Å². The first-order valence-electron chi connectivity index (χ1n) is 11.0. The van der Waals surface area contributed by atoms with Gasteiger partial charge in [0, 0.05) is 11.9 Å². The maximum Gasteiger partial charge on any atom is 0.359 e. The lowest BCUT2D eigenvalue weighted by Crippen LogP contribution is -2.27. The van der Waals surface area contributed by atoms with Gasteiger partial charge >= 0.3 is 5.97 Å². The number of anilines is 1. The summed E-state index contributed by atoms with van der Waals surface area (Å²) in [6.07, 6.45) is 0.678. The van der Waals surface area contributed by atoms with E-state index in [-0.39, 0.29) is 11.3 Å². The topological polar surface area (TPSA) is 108 Å². The summed E-state index contributed by atoms with van der Waals surface area (Å²) in [5, 5.41) is 12.2. The maximum absolute atomic E-state index is 12.8. The van der Waals surface area contributed by atoms with Crippen molar-refractivity contribution >= 4 is 28.3 Å². The van der Waals surface area contributed by atoms with Crippen molar-refractivity contribution in [3.05, 3.63) is 82.0 Å². The molecule has 4 aromatic rings. The second kappa shape index (κ2) is 9.70. The summed E-state index contributed by atoms with van der Waals surface area (Å²) in [5.41, 5.74) is 2.55. The zero-order valence-corrected chi connectivity index (χ0v) is 19.2. The number of hydrogen-bond acceptors (Lipinski definition) is 6. The lowest BCUT2D eigenvalue weighted by Gasteiger charge is -2.11. The summed E-state index contributed by atoms with van der Waals surface area (Å²) in [6.45, 7) is 5.42. The number of aromatic nitrogens is 4. The van der Waals surface area contributed by atoms with Crippen molar-refractivity contribution in [2.45, 2.75) is 33.7 Å². The SMILES string of the molecule is CCCn1nc(C(=O)OCC(=O)Nc2c(C)nn(-c3ccccc3)c2C)c2ccccc2c1=O. The number of nitrogens with zero attached hydrogens (tertiary/aromatic N) is 4. The number of carbonyl (C=O) groups excluding carboxylic acids is 2. The molecular formula is C25H25N5O4. The van der Waals surface area contributed by atoms with Gasteiger partial charge < -0.3 is 10.1 Å². The van der Waals surface area contributed by atoms with E-state index in [2.05, 4.69) is 15.5 Å². The molecule has 4 rings (SSSR count). The Hall–Kier alpha value is -4.27. The minimum absolute atomic E-state index is 0.000656. The van der Waals surface area contributed by atoms with Gasteiger partial charge in [-0.2, -0.15) is 10.2 Å². The van der Waals surface area contributed by atoms with E-state index in [1.165, 1.54) is 4.68 Å². The molecule has 0 aliphatic carbocycles. The molecule has 34 heavy (non-hydrogen) atoms. The van der Waals surface area contributed by atoms with Crippen molar-refractivity contribution in [2.75, 3.05) is 11.9 Å². The van der Waals surface area contributed by atoms with Gasteiger partial charge in [0.15, 0.2) is 12.3 Å². The Labute approximate surface area is 196 Å². The second-order valence-corrected chi connectivity index (χ2v) is 7.84. The number of nitrogens with one attached hydrogen (secondary N) is 1. The van der Waals surface area contributed by atoms with Gasteiger partial charge in [-0.25, -0.2) is 14.2 Å². The molecule has 9 heteroatoms. The fourth-order valence-electron chi connectivity index (χ4n) is 3.77. The van der Waals surface area contributed by atoms with Crippen LogP contribution in [0.4, 0.5) is 5.69 Å². The molecule has 0 bridgehead atoms. The zero-order valence-electron chi connectivity index (χ0n) is 19.2. The van der Waals surface area contributed by atoms with Gasteiger partial charge in [0.05, 0.1) is 28.1 Å². The van der Waals surface area contributed by atoms with Crippen LogP contribution in [0.5, 0.6) is 0 Å². The van der Waals surface area contributed by atoms with Crippen LogP contribution < -0.4 is 10.9 Å². The highest BCUT2D eigenvalue weighted by Gasteiger charge is 2.20. The average molecular weight is 460 g/mol. The minimum Gasteiger partial charge on any atom is -0.451 e. The summed E-state index contributed by atoms with van der Waals surface area (Å²) in [5.74, 6) is -1.28.